The molecule has 0 spiro atoms. The molecule has 0 amide bonds. The third-order valence-electron chi connectivity index (χ3n) is 2.62. The van der Waals surface area contributed by atoms with Crippen molar-refractivity contribution in [3.8, 4) is 5.75 Å². The van der Waals surface area contributed by atoms with E-state index in [2.05, 4.69) is 9.72 Å². The Labute approximate surface area is 99.2 Å². The average molecular weight is 231 g/mol. The zero-order valence-electron chi connectivity index (χ0n) is 9.98. The molecule has 0 unspecified atom stereocenters. The van der Waals surface area contributed by atoms with E-state index in [1.165, 1.54) is 7.11 Å². The zero-order valence-corrected chi connectivity index (χ0v) is 9.98. The summed E-state index contributed by atoms with van der Waals surface area (Å²) in [5.41, 5.74) is 2.04. The van der Waals surface area contributed by atoms with Crippen molar-refractivity contribution in [1.82, 2.24) is 4.98 Å². The summed E-state index contributed by atoms with van der Waals surface area (Å²) in [6.45, 7) is 1.93. The summed E-state index contributed by atoms with van der Waals surface area (Å²) in [5, 5.41) is 0.969. The molecule has 0 bridgehead atoms. The van der Waals surface area contributed by atoms with E-state index >= 15 is 0 Å². The van der Waals surface area contributed by atoms with Crippen LogP contribution in [0.1, 0.15) is 16.1 Å². The van der Waals surface area contributed by atoms with Gasteiger partial charge < -0.3 is 9.47 Å². The van der Waals surface area contributed by atoms with E-state index < -0.39 is 5.97 Å². The molecular formula is C13H13NO3. The van der Waals surface area contributed by atoms with Crippen LogP contribution in [-0.4, -0.2) is 25.2 Å². The Bertz CT molecular complexity index is 578. The zero-order chi connectivity index (χ0) is 12.4. The third-order valence-corrected chi connectivity index (χ3v) is 2.62. The van der Waals surface area contributed by atoms with Crippen LogP contribution >= 0.6 is 0 Å². The smallest absolute Gasteiger partial charge is 0.356 e. The van der Waals surface area contributed by atoms with Crippen molar-refractivity contribution < 1.29 is 14.3 Å². The molecule has 2 aromatic rings. The number of benzene rings is 1. The molecule has 0 radical (unpaired) electrons. The van der Waals surface area contributed by atoms with E-state index in [0.717, 1.165) is 22.2 Å². The number of methoxy groups -OCH3 is 2. The molecule has 0 aliphatic rings. The summed E-state index contributed by atoms with van der Waals surface area (Å²) in [6.07, 6.45) is 0. The fourth-order valence-corrected chi connectivity index (χ4v) is 1.71. The number of carbonyl (C=O) groups excluding carboxylic acids is 1. The van der Waals surface area contributed by atoms with Gasteiger partial charge in [-0.1, -0.05) is 0 Å². The molecule has 1 aromatic heterocycles. The maximum absolute atomic E-state index is 11.4. The fourth-order valence-electron chi connectivity index (χ4n) is 1.71. The Morgan fingerprint density at radius 1 is 1.24 bits per heavy atom. The SMILES string of the molecule is COC(=O)c1cc(C)c2cc(OC)ccc2n1. The Morgan fingerprint density at radius 2 is 2.00 bits per heavy atom. The minimum Gasteiger partial charge on any atom is -0.497 e. The predicted octanol–water partition coefficient (Wildman–Crippen LogP) is 2.34. The number of carbonyl (C=O) groups is 1. The highest BCUT2D eigenvalue weighted by Gasteiger charge is 2.10. The first kappa shape index (κ1) is 11.4. The number of fused-ring (bicyclic) bond motifs is 1. The Kier molecular flexibility index (Phi) is 2.95. The fraction of sp³-hybridized carbons (Fsp3) is 0.231. The van der Waals surface area contributed by atoms with Crippen LogP contribution < -0.4 is 4.74 Å². The van der Waals surface area contributed by atoms with Gasteiger partial charge in [-0.3, -0.25) is 0 Å². The number of nitrogens with zero attached hydrogens (tertiary/aromatic N) is 1. The number of hydrogen-bond donors (Lipinski definition) is 0. The summed E-state index contributed by atoms with van der Waals surface area (Å²) in [4.78, 5) is 15.7. The van der Waals surface area contributed by atoms with E-state index in [4.69, 9.17) is 4.74 Å². The summed E-state index contributed by atoms with van der Waals surface area (Å²) >= 11 is 0. The van der Waals surface area contributed by atoms with Crippen LogP contribution in [0.4, 0.5) is 0 Å². The maximum atomic E-state index is 11.4. The first-order chi connectivity index (χ1) is 8.15. The normalized spacial score (nSPS) is 10.3. The molecule has 17 heavy (non-hydrogen) atoms. The molecule has 2 rings (SSSR count). The third kappa shape index (κ3) is 2.06. The maximum Gasteiger partial charge on any atom is 0.356 e. The molecular weight excluding hydrogens is 218 g/mol. The minimum atomic E-state index is -0.425. The lowest BCUT2D eigenvalue weighted by molar-refractivity contribution is 0.0594. The molecule has 0 aliphatic carbocycles. The van der Waals surface area contributed by atoms with Crippen LogP contribution in [0, 0.1) is 6.92 Å². The van der Waals surface area contributed by atoms with Gasteiger partial charge in [0.05, 0.1) is 19.7 Å². The van der Waals surface area contributed by atoms with Gasteiger partial charge in [0.15, 0.2) is 0 Å². The first-order valence-electron chi connectivity index (χ1n) is 5.19. The van der Waals surface area contributed by atoms with Crippen LogP contribution in [0.2, 0.25) is 0 Å². The molecule has 0 atom stereocenters. The predicted molar refractivity (Wildman–Crippen MR) is 64.4 cm³/mol. The summed E-state index contributed by atoms with van der Waals surface area (Å²) in [5.74, 6) is 0.346. The van der Waals surface area contributed by atoms with Crippen LogP contribution in [0.3, 0.4) is 0 Å². The molecule has 1 heterocycles. The topological polar surface area (TPSA) is 48.4 Å². The number of rotatable bonds is 2. The number of pyridine rings is 1. The van der Waals surface area contributed by atoms with Crippen molar-refractivity contribution in [3.63, 3.8) is 0 Å². The van der Waals surface area contributed by atoms with Gasteiger partial charge in [-0.05, 0) is 36.8 Å². The summed E-state index contributed by atoms with van der Waals surface area (Å²) < 4.78 is 9.82. The molecule has 1 aromatic carbocycles. The van der Waals surface area contributed by atoms with Gasteiger partial charge in [0, 0.05) is 5.39 Å². The quantitative estimate of drug-likeness (QED) is 0.744. The van der Waals surface area contributed by atoms with E-state index in [9.17, 15) is 4.79 Å². The Morgan fingerprint density at radius 3 is 2.65 bits per heavy atom. The van der Waals surface area contributed by atoms with Crippen LogP contribution in [0.25, 0.3) is 10.9 Å². The van der Waals surface area contributed by atoms with Crippen LogP contribution in [-0.2, 0) is 4.74 Å². The van der Waals surface area contributed by atoms with Gasteiger partial charge in [-0.15, -0.1) is 0 Å². The van der Waals surface area contributed by atoms with Gasteiger partial charge in [-0.2, -0.15) is 0 Å². The molecule has 4 nitrogen and oxygen atoms in total. The number of aromatic nitrogens is 1. The van der Waals surface area contributed by atoms with Crippen molar-refractivity contribution in [3.05, 3.63) is 35.5 Å². The van der Waals surface area contributed by atoms with Crippen LogP contribution in [0.15, 0.2) is 24.3 Å². The number of ether oxygens (including phenoxy) is 2. The Hall–Kier alpha value is -2.10. The molecule has 4 heteroatoms. The second kappa shape index (κ2) is 4.41. The van der Waals surface area contributed by atoms with Crippen molar-refractivity contribution in [2.75, 3.05) is 14.2 Å². The second-order valence-corrected chi connectivity index (χ2v) is 3.70. The first-order valence-corrected chi connectivity index (χ1v) is 5.19. The lowest BCUT2D eigenvalue weighted by Gasteiger charge is -2.06. The molecule has 0 fully saturated rings. The summed E-state index contributed by atoms with van der Waals surface area (Å²) in [6, 6.07) is 7.26. The van der Waals surface area contributed by atoms with Crippen molar-refractivity contribution in [1.29, 1.82) is 0 Å². The standard InChI is InChI=1S/C13H13NO3/c1-8-6-12(13(15)17-3)14-11-5-4-9(16-2)7-10(8)11/h4-7H,1-3H3. The van der Waals surface area contributed by atoms with Crippen molar-refractivity contribution in [2.24, 2.45) is 0 Å². The highest BCUT2D eigenvalue weighted by atomic mass is 16.5. The monoisotopic (exact) mass is 231 g/mol. The highest BCUT2D eigenvalue weighted by Crippen LogP contribution is 2.23. The van der Waals surface area contributed by atoms with E-state index in [0.29, 0.717) is 5.69 Å². The number of esters is 1. The lowest BCUT2D eigenvalue weighted by atomic mass is 10.1. The van der Waals surface area contributed by atoms with E-state index in [1.54, 1.807) is 13.2 Å². The van der Waals surface area contributed by atoms with Gasteiger partial charge in [0.25, 0.3) is 0 Å². The van der Waals surface area contributed by atoms with Gasteiger partial charge in [-0.25, -0.2) is 9.78 Å². The van der Waals surface area contributed by atoms with Crippen LogP contribution in [0.5, 0.6) is 5.75 Å². The molecule has 88 valence electrons. The lowest BCUT2D eigenvalue weighted by Crippen LogP contribution is -2.05. The largest absolute Gasteiger partial charge is 0.497 e. The minimum absolute atomic E-state index is 0.322. The molecule has 0 saturated carbocycles. The Balaban J connectivity index is 2.63. The van der Waals surface area contributed by atoms with Crippen molar-refractivity contribution >= 4 is 16.9 Å². The molecule has 0 saturated heterocycles. The average Bonchev–Trinajstić information content (AvgIpc) is 2.37. The second-order valence-electron chi connectivity index (χ2n) is 3.70. The van der Waals surface area contributed by atoms with Crippen molar-refractivity contribution in [2.45, 2.75) is 6.92 Å². The van der Waals surface area contributed by atoms with E-state index in [-0.39, 0.29) is 0 Å². The van der Waals surface area contributed by atoms with Gasteiger partial charge in [0.1, 0.15) is 11.4 Å². The number of hydrogen-bond acceptors (Lipinski definition) is 4. The van der Waals surface area contributed by atoms with Gasteiger partial charge in [0.2, 0.25) is 0 Å². The highest BCUT2D eigenvalue weighted by molar-refractivity contribution is 5.92. The summed E-state index contributed by atoms with van der Waals surface area (Å²) in [7, 11) is 2.96. The number of aryl methyl sites for hydroxylation is 1. The van der Waals surface area contributed by atoms with E-state index in [1.807, 2.05) is 25.1 Å². The van der Waals surface area contributed by atoms with Gasteiger partial charge >= 0.3 is 5.97 Å². The molecule has 0 N–H and O–H groups in total. The molecule has 0 aliphatic heterocycles.